The van der Waals surface area contributed by atoms with Crippen LogP contribution in [0.25, 0.3) is 11.3 Å². The SMILES string of the molecule is COC(=O)c1ccc2c(c1)/C(=C(/Nc1cccc(CN3CCN(C)CC3)c1)c1ccccn1)C(=O)N2. The van der Waals surface area contributed by atoms with E-state index in [-0.39, 0.29) is 5.91 Å². The van der Waals surface area contributed by atoms with Crippen LogP contribution in [-0.2, 0) is 16.1 Å². The van der Waals surface area contributed by atoms with Crippen molar-refractivity contribution in [2.45, 2.75) is 6.54 Å². The van der Waals surface area contributed by atoms with Gasteiger partial charge in [-0.15, -0.1) is 0 Å². The lowest BCUT2D eigenvalue weighted by atomic mass is 10.00. The second kappa shape index (κ2) is 10.3. The molecule has 0 atom stereocenters. The molecule has 36 heavy (non-hydrogen) atoms. The first kappa shape index (κ1) is 23.7. The summed E-state index contributed by atoms with van der Waals surface area (Å²) in [7, 11) is 3.49. The number of fused-ring (bicyclic) bond motifs is 1. The fourth-order valence-corrected chi connectivity index (χ4v) is 4.58. The molecule has 2 aromatic carbocycles. The Hall–Kier alpha value is -4.01. The largest absolute Gasteiger partial charge is 0.465 e. The van der Waals surface area contributed by atoms with Gasteiger partial charge in [0, 0.05) is 55.9 Å². The Balaban J connectivity index is 1.52. The minimum atomic E-state index is -0.458. The molecule has 2 aliphatic heterocycles. The number of esters is 1. The highest BCUT2D eigenvalue weighted by Crippen LogP contribution is 2.38. The number of amides is 1. The van der Waals surface area contributed by atoms with Gasteiger partial charge in [0.2, 0.25) is 0 Å². The van der Waals surface area contributed by atoms with Crippen molar-refractivity contribution in [3.05, 3.63) is 89.2 Å². The van der Waals surface area contributed by atoms with Crippen molar-refractivity contribution in [2.24, 2.45) is 0 Å². The number of aromatic nitrogens is 1. The monoisotopic (exact) mass is 483 g/mol. The van der Waals surface area contributed by atoms with Crippen molar-refractivity contribution < 1.29 is 14.3 Å². The highest BCUT2D eigenvalue weighted by Gasteiger charge is 2.30. The fraction of sp³-hybridized carbons (Fsp3) is 0.250. The number of pyridine rings is 1. The molecule has 0 radical (unpaired) electrons. The third-order valence-electron chi connectivity index (χ3n) is 6.55. The van der Waals surface area contributed by atoms with Gasteiger partial charge in [-0.1, -0.05) is 18.2 Å². The van der Waals surface area contributed by atoms with E-state index in [4.69, 9.17) is 4.74 Å². The third-order valence-corrected chi connectivity index (χ3v) is 6.55. The van der Waals surface area contributed by atoms with E-state index in [2.05, 4.69) is 44.6 Å². The van der Waals surface area contributed by atoms with Crippen LogP contribution in [0.2, 0.25) is 0 Å². The molecular formula is C28H29N5O3. The number of methoxy groups -OCH3 is 1. The molecular weight excluding hydrogens is 454 g/mol. The molecule has 3 aromatic rings. The number of carbonyl (C=O) groups excluding carboxylic acids is 2. The molecule has 1 aromatic heterocycles. The topological polar surface area (TPSA) is 86.8 Å². The van der Waals surface area contributed by atoms with Crippen LogP contribution in [0, 0.1) is 0 Å². The zero-order valence-electron chi connectivity index (χ0n) is 20.5. The van der Waals surface area contributed by atoms with E-state index in [1.54, 1.807) is 24.4 Å². The van der Waals surface area contributed by atoms with Gasteiger partial charge in [-0.05, 0) is 55.1 Å². The van der Waals surface area contributed by atoms with Crippen LogP contribution in [0.15, 0.2) is 66.9 Å². The number of anilines is 2. The summed E-state index contributed by atoms with van der Waals surface area (Å²) in [6.07, 6.45) is 1.69. The zero-order valence-corrected chi connectivity index (χ0v) is 20.5. The highest BCUT2D eigenvalue weighted by atomic mass is 16.5. The number of carbonyl (C=O) groups is 2. The normalized spacial score (nSPS) is 17.3. The van der Waals surface area contributed by atoms with Gasteiger partial charge >= 0.3 is 5.97 Å². The summed E-state index contributed by atoms with van der Waals surface area (Å²) in [5.74, 6) is -0.714. The fourth-order valence-electron chi connectivity index (χ4n) is 4.58. The highest BCUT2D eigenvalue weighted by molar-refractivity contribution is 6.37. The molecule has 0 spiro atoms. The molecule has 1 saturated heterocycles. The van der Waals surface area contributed by atoms with Crippen molar-refractivity contribution in [3.8, 4) is 0 Å². The smallest absolute Gasteiger partial charge is 0.337 e. The first-order valence-corrected chi connectivity index (χ1v) is 12.0. The van der Waals surface area contributed by atoms with Gasteiger partial charge in [0.25, 0.3) is 5.91 Å². The quantitative estimate of drug-likeness (QED) is 0.410. The average molecular weight is 484 g/mol. The second-order valence-corrected chi connectivity index (χ2v) is 9.08. The number of likely N-dealkylation sites (N-methyl/N-ethyl adjacent to an activating group) is 1. The molecule has 3 heterocycles. The number of nitrogens with one attached hydrogen (secondary N) is 2. The number of rotatable bonds is 6. The maximum absolute atomic E-state index is 13.2. The molecule has 2 aliphatic rings. The van der Waals surface area contributed by atoms with Gasteiger partial charge in [-0.3, -0.25) is 14.7 Å². The standard InChI is InChI=1S/C28H29N5O3/c1-32-12-14-33(15-13-32)18-19-6-5-7-21(16-19)30-26(24-8-3-4-11-29-24)25-22-17-20(28(35)36-2)9-10-23(22)31-27(25)34/h3-11,16-17,30H,12-15,18H2,1-2H3,(H,31,34)/b26-25-. The molecule has 0 saturated carbocycles. The average Bonchev–Trinajstić information content (AvgIpc) is 3.23. The molecule has 5 rings (SSSR count). The van der Waals surface area contributed by atoms with Gasteiger partial charge in [-0.25, -0.2) is 4.79 Å². The lowest BCUT2D eigenvalue weighted by Gasteiger charge is -2.32. The minimum Gasteiger partial charge on any atom is -0.465 e. The van der Waals surface area contributed by atoms with Crippen molar-refractivity contribution in [3.63, 3.8) is 0 Å². The molecule has 184 valence electrons. The first-order valence-electron chi connectivity index (χ1n) is 12.0. The van der Waals surface area contributed by atoms with Crippen LogP contribution < -0.4 is 10.6 Å². The molecule has 0 bridgehead atoms. The van der Waals surface area contributed by atoms with E-state index in [1.165, 1.54) is 12.7 Å². The third kappa shape index (κ3) is 5.00. The maximum atomic E-state index is 13.2. The van der Waals surface area contributed by atoms with Crippen LogP contribution in [0.1, 0.15) is 27.2 Å². The molecule has 0 aliphatic carbocycles. The van der Waals surface area contributed by atoms with Crippen LogP contribution in [0.3, 0.4) is 0 Å². The summed E-state index contributed by atoms with van der Waals surface area (Å²) in [4.78, 5) is 34.7. The second-order valence-electron chi connectivity index (χ2n) is 9.08. The number of piperazine rings is 1. The Morgan fingerprint density at radius 3 is 2.64 bits per heavy atom. The van der Waals surface area contributed by atoms with Crippen LogP contribution in [0.4, 0.5) is 11.4 Å². The Morgan fingerprint density at radius 2 is 1.89 bits per heavy atom. The number of hydrogen-bond donors (Lipinski definition) is 2. The van der Waals surface area contributed by atoms with E-state index in [0.717, 1.165) is 38.4 Å². The summed E-state index contributed by atoms with van der Waals surface area (Å²) in [6, 6.07) is 18.9. The minimum absolute atomic E-state index is 0.256. The van der Waals surface area contributed by atoms with Crippen molar-refractivity contribution in [1.29, 1.82) is 0 Å². The Bertz CT molecular complexity index is 1310. The predicted octanol–water partition coefficient (Wildman–Crippen LogP) is 3.55. The Kier molecular flexibility index (Phi) is 6.79. The lowest BCUT2D eigenvalue weighted by Crippen LogP contribution is -2.43. The molecule has 0 unspecified atom stereocenters. The van der Waals surface area contributed by atoms with E-state index < -0.39 is 5.97 Å². The van der Waals surface area contributed by atoms with Crippen molar-refractivity contribution in [1.82, 2.24) is 14.8 Å². The number of ether oxygens (including phenoxy) is 1. The predicted molar refractivity (Wildman–Crippen MR) is 140 cm³/mol. The summed E-state index contributed by atoms with van der Waals surface area (Å²) >= 11 is 0. The van der Waals surface area contributed by atoms with Crippen molar-refractivity contribution in [2.75, 3.05) is 51.0 Å². The summed E-state index contributed by atoms with van der Waals surface area (Å²) in [6.45, 7) is 5.07. The summed E-state index contributed by atoms with van der Waals surface area (Å²) in [5.41, 5.74) is 5.33. The Labute approximate surface area is 210 Å². The van der Waals surface area contributed by atoms with Gasteiger partial charge < -0.3 is 20.3 Å². The number of benzene rings is 2. The van der Waals surface area contributed by atoms with E-state index >= 15 is 0 Å². The van der Waals surface area contributed by atoms with Crippen LogP contribution in [0.5, 0.6) is 0 Å². The molecule has 8 heteroatoms. The van der Waals surface area contributed by atoms with E-state index in [9.17, 15) is 9.59 Å². The van der Waals surface area contributed by atoms with Gasteiger partial charge in [0.15, 0.2) is 0 Å². The zero-order chi connectivity index (χ0) is 25.1. The summed E-state index contributed by atoms with van der Waals surface area (Å²) < 4.78 is 4.89. The maximum Gasteiger partial charge on any atom is 0.337 e. The van der Waals surface area contributed by atoms with Crippen molar-refractivity contribution >= 4 is 34.5 Å². The van der Waals surface area contributed by atoms with E-state index in [0.29, 0.717) is 33.8 Å². The van der Waals surface area contributed by atoms with Gasteiger partial charge in [0.1, 0.15) is 0 Å². The lowest BCUT2D eigenvalue weighted by molar-refractivity contribution is -0.110. The van der Waals surface area contributed by atoms with Crippen LogP contribution in [-0.4, -0.2) is 67.0 Å². The number of hydrogen-bond acceptors (Lipinski definition) is 7. The van der Waals surface area contributed by atoms with E-state index in [1.807, 2.05) is 30.3 Å². The molecule has 2 N–H and O–H groups in total. The van der Waals surface area contributed by atoms with Gasteiger partial charge in [-0.2, -0.15) is 0 Å². The molecule has 8 nitrogen and oxygen atoms in total. The molecule has 1 fully saturated rings. The molecule has 1 amide bonds. The summed E-state index contributed by atoms with van der Waals surface area (Å²) in [5, 5.41) is 6.38. The first-order chi connectivity index (χ1) is 17.5. The Morgan fingerprint density at radius 1 is 1.06 bits per heavy atom. The number of nitrogens with zero attached hydrogens (tertiary/aromatic N) is 3. The van der Waals surface area contributed by atoms with Gasteiger partial charge in [0.05, 0.1) is 29.6 Å². The van der Waals surface area contributed by atoms with Crippen LogP contribution >= 0.6 is 0 Å².